The first-order valence-electron chi connectivity index (χ1n) is 23.2. The van der Waals surface area contributed by atoms with Crippen molar-refractivity contribution in [3.05, 3.63) is 212 Å². The molecule has 5 heteroatoms. The lowest BCUT2D eigenvalue weighted by Crippen LogP contribution is -2.32. The molecule has 1 aliphatic heterocycles. The number of fused-ring (bicyclic) bond motifs is 10. The fraction of sp³-hybridized carbons (Fsp3) is 0.129. The molecule has 0 bridgehead atoms. The van der Waals surface area contributed by atoms with Gasteiger partial charge < -0.3 is 4.74 Å². The minimum absolute atomic E-state index is 0.0215. The van der Waals surface area contributed by atoms with Crippen LogP contribution in [0.2, 0.25) is 0 Å². The third-order valence-electron chi connectivity index (χ3n) is 13.5. The van der Waals surface area contributed by atoms with Gasteiger partial charge in [-0.3, -0.25) is 13.7 Å². The Hall–Kier alpha value is -8.02. The summed E-state index contributed by atoms with van der Waals surface area (Å²) in [6.45, 7) is 13.6. The number of hydrogen-bond acceptors (Lipinski definition) is 2. The molecule has 3 aromatic heterocycles. The van der Waals surface area contributed by atoms with E-state index in [4.69, 9.17) is 9.72 Å². The van der Waals surface area contributed by atoms with Crippen molar-refractivity contribution in [1.82, 2.24) is 14.1 Å². The van der Waals surface area contributed by atoms with E-state index in [1.807, 2.05) is 12.3 Å². The Bertz CT molecular complexity index is 3750. The first-order chi connectivity index (χ1) is 32.5. The van der Waals surface area contributed by atoms with Crippen LogP contribution in [-0.2, 0) is 10.8 Å². The number of ether oxygens (including phenoxy) is 1. The van der Waals surface area contributed by atoms with Gasteiger partial charge in [0.05, 0.1) is 33.4 Å². The third kappa shape index (κ3) is 6.76. The summed E-state index contributed by atoms with van der Waals surface area (Å²) in [7, 11) is 0. The van der Waals surface area contributed by atoms with Gasteiger partial charge in [-0.15, -0.1) is 0 Å². The number of imidazole rings is 1. The zero-order valence-corrected chi connectivity index (χ0v) is 38.7. The van der Waals surface area contributed by atoms with Crippen molar-refractivity contribution in [3.8, 4) is 73.2 Å². The van der Waals surface area contributed by atoms with Crippen molar-refractivity contribution in [1.29, 1.82) is 0 Å². The van der Waals surface area contributed by atoms with E-state index in [2.05, 4.69) is 244 Å². The number of para-hydroxylation sites is 2. The standard InChI is InChI=1S/C62H50N4O/c1-61(2,3)41-32-33-63-58(36-41)66-55-29-15-14-26-51(55)52-31-30-45(38-56(52)66)67-44-21-16-20-43(37-44)64-39-65-59-46(40-18-8-7-9-19-40)27-17-28-53(59)49-24-12-10-22-47(49)48-23-11-13-25-50(48)54-34-42(62(4,5)6)35-57(64)60(54)65/h7-38H,1-6H3. The van der Waals surface area contributed by atoms with Crippen LogP contribution in [0.5, 0.6) is 11.5 Å². The van der Waals surface area contributed by atoms with E-state index in [-0.39, 0.29) is 10.8 Å². The van der Waals surface area contributed by atoms with Gasteiger partial charge in [0.15, 0.2) is 0 Å². The highest BCUT2D eigenvalue weighted by atomic mass is 16.5. The number of aromatic nitrogens is 4. The number of pyridine rings is 1. The Morgan fingerprint density at radius 3 is 1.82 bits per heavy atom. The van der Waals surface area contributed by atoms with Crippen LogP contribution < -0.4 is 9.30 Å². The maximum Gasteiger partial charge on any atom is 0.269 e. The van der Waals surface area contributed by atoms with Crippen LogP contribution in [0.3, 0.4) is 0 Å². The molecular formula is C62H50N4O. The summed E-state index contributed by atoms with van der Waals surface area (Å²) in [4.78, 5) is 4.91. The van der Waals surface area contributed by atoms with Gasteiger partial charge in [-0.05, 0) is 121 Å². The molecule has 0 spiro atoms. The molecular weight excluding hydrogens is 817 g/mol. The summed E-state index contributed by atoms with van der Waals surface area (Å²) in [6, 6.07) is 67.7. The molecule has 1 aliphatic rings. The molecule has 0 saturated carbocycles. The van der Waals surface area contributed by atoms with Crippen LogP contribution in [0.1, 0.15) is 52.7 Å². The fourth-order valence-corrected chi connectivity index (χ4v) is 10.1. The summed E-state index contributed by atoms with van der Waals surface area (Å²) in [5.74, 6) is 2.36. The van der Waals surface area contributed by atoms with Gasteiger partial charge in [-0.1, -0.05) is 169 Å². The molecule has 0 amide bonds. The van der Waals surface area contributed by atoms with Crippen molar-refractivity contribution in [2.24, 2.45) is 0 Å². The summed E-state index contributed by atoms with van der Waals surface area (Å²) in [5.41, 5.74) is 18.0. The Kier molecular flexibility index (Phi) is 9.24. The second-order valence-electron chi connectivity index (χ2n) is 19.9. The van der Waals surface area contributed by atoms with Gasteiger partial charge in [0.2, 0.25) is 0 Å². The van der Waals surface area contributed by atoms with E-state index in [0.29, 0.717) is 0 Å². The van der Waals surface area contributed by atoms with Crippen LogP contribution in [-0.4, -0.2) is 14.1 Å². The quantitative estimate of drug-likeness (QED) is 0.128. The predicted octanol–water partition coefficient (Wildman–Crippen LogP) is 15.6. The summed E-state index contributed by atoms with van der Waals surface area (Å²) in [5, 5.41) is 2.32. The van der Waals surface area contributed by atoms with Gasteiger partial charge in [-0.2, -0.15) is 0 Å². The summed E-state index contributed by atoms with van der Waals surface area (Å²) in [6.07, 6.45) is 5.91. The SMILES string of the molecule is CC(C)(C)c1ccnc(-n2c3ccccc3c3ccc(Oc4cccc(-n5[c-][n+]6c7c(cc(C(C)(C)C)cc75)-c5ccccc5-c5ccccc5-c5cccc(-c7ccccc7)c5-6)c4)cc32)c1. The molecule has 0 atom stereocenters. The molecule has 0 radical (unpaired) electrons. The van der Waals surface area contributed by atoms with Gasteiger partial charge in [0.1, 0.15) is 17.3 Å². The van der Waals surface area contributed by atoms with E-state index >= 15 is 0 Å². The van der Waals surface area contributed by atoms with Crippen molar-refractivity contribution >= 4 is 32.8 Å². The van der Waals surface area contributed by atoms with Crippen molar-refractivity contribution < 1.29 is 9.30 Å². The number of hydrogen-bond donors (Lipinski definition) is 0. The normalized spacial score (nSPS) is 12.3. The highest BCUT2D eigenvalue weighted by Gasteiger charge is 2.28. The second kappa shape index (κ2) is 15.3. The molecule has 0 unspecified atom stereocenters. The Morgan fingerprint density at radius 2 is 1.07 bits per heavy atom. The maximum atomic E-state index is 6.88. The van der Waals surface area contributed by atoms with E-state index in [0.717, 1.165) is 78.4 Å². The van der Waals surface area contributed by atoms with Crippen LogP contribution in [0.4, 0.5) is 0 Å². The lowest BCUT2D eigenvalue weighted by molar-refractivity contribution is -0.570. The predicted molar refractivity (Wildman–Crippen MR) is 275 cm³/mol. The topological polar surface area (TPSA) is 35.9 Å². The summed E-state index contributed by atoms with van der Waals surface area (Å²) < 4.78 is 13.7. The number of rotatable bonds is 5. The number of benzene rings is 8. The monoisotopic (exact) mass is 866 g/mol. The minimum Gasteiger partial charge on any atom is -0.458 e. The zero-order chi connectivity index (χ0) is 45.6. The molecule has 11 aromatic rings. The lowest BCUT2D eigenvalue weighted by Gasteiger charge is -2.22. The van der Waals surface area contributed by atoms with Crippen LogP contribution >= 0.6 is 0 Å². The maximum absolute atomic E-state index is 6.88. The van der Waals surface area contributed by atoms with E-state index in [9.17, 15) is 0 Å². The molecule has 0 aliphatic carbocycles. The molecule has 324 valence electrons. The Balaban J connectivity index is 1.07. The summed E-state index contributed by atoms with van der Waals surface area (Å²) >= 11 is 0. The average Bonchev–Trinajstić information content (AvgIpc) is 3.90. The van der Waals surface area contributed by atoms with Crippen LogP contribution in [0.15, 0.2) is 194 Å². The molecule has 5 nitrogen and oxygen atoms in total. The molecule has 0 N–H and O–H groups in total. The molecule has 0 saturated heterocycles. The van der Waals surface area contributed by atoms with Crippen molar-refractivity contribution in [2.45, 2.75) is 52.4 Å². The molecule has 0 fully saturated rings. The van der Waals surface area contributed by atoms with Crippen LogP contribution in [0, 0.1) is 6.33 Å². The van der Waals surface area contributed by atoms with Gasteiger partial charge >= 0.3 is 0 Å². The molecule has 67 heavy (non-hydrogen) atoms. The molecule has 12 rings (SSSR count). The Morgan fingerprint density at radius 1 is 0.463 bits per heavy atom. The van der Waals surface area contributed by atoms with Crippen molar-refractivity contribution in [2.75, 3.05) is 0 Å². The van der Waals surface area contributed by atoms with E-state index in [1.54, 1.807) is 0 Å². The lowest BCUT2D eigenvalue weighted by atomic mass is 9.83. The minimum atomic E-state index is -0.140. The highest BCUT2D eigenvalue weighted by Crippen LogP contribution is 2.46. The average molecular weight is 867 g/mol. The van der Waals surface area contributed by atoms with Gasteiger partial charge in [0, 0.05) is 23.0 Å². The van der Waals surface area contributed by atoms with Crippen LogP contribution in [0.25, 0.3) is 94.5 Å². The van der Waals surface area contributed by atoms with Gasteiger partial charge in [0.25, 0.3) is 6.33 Å². The van der Waals surface area contributed by atoms with Gasteiger partial charge in [-0.25, -0.2) is 4.98 Å². The first-order valence-corrected chi connectivity index (χ1v) is 23.2. The smallest absolute Gasteiger partial charge is 0.269 e. The number of nitrogens with zero attached hydrogens (tertiary/aromatic N) is 4. The highest BCUT2D eigenvalue weighted by molar-refractivity contribution is 6.09. The van der Waals surface area contributed by atoms with E-state index < -0.39 is 0 Å². The second-order valence-corrected chi connectivity index (χ2v) is 19.9. The molecule has 4 heterocycles. The largest absolute Gasteiger partial charge is 0.458 e. The first kappa shape index (κ1) is 40.5. The fourth-order valence-electron chi connectivity index (χ4n) is 10.1. The molecule has 8 aromatic carbocycles. The van der Waals surface area contributed by atoms with Crippen molar-refractivity contribution in [3.63, 3.8) is 0 Å². The third-order valence-corrected chi connectivity index (χ3v) is 13.5. The van der Waals surface area contributed by atoms with E-state index in [1.165, 1.54) is 38.8 Å². The zero-order valence-electron chi connectivity index (χ0n) is 38.7. The Labute approximate surface area is 391 Å².